The van der Waals surface area contributed by atoms with Crippen molar-refractivity contribution in [2.75, 3.05) is 33.2 Å². The molecule has 0 aromatic rings. The van der Waals surface area contributed by atoms with Crippen LogP contribution in [0.3, 0.4) is 0 Å². The average molecular weight is 226 g/mol. The highest BCUT2D eigenvalue weighted by atomic mass is 15.1. The van der Waals surface area contributed by atoms with Crippen molar-refractivity contribution in [1.29, 1.82) is 0 Å². The molecule has 0 aromatic heterocycles. The molecule has 1 aliphatic rings. The van der Waals surface area contributed by atoms with Crippen LogP contribution in [0, 0.1) is 11.8 Å². The van der Waals surface area contributed by atoms with Crippen LogP contribution in [0.25, 0.3) is 0 Å². The van der Waals surface area contributed by atoms with E-state index in [-0.39, 0.29) is 0 Å². The molecule has 1 heterocycles. The summed E-state index contributed by atoms with van der Waals surface area (Å²) in [6, 6.07) is 0. The Morgan fingerprint density at radius 2 is 2.12 bits per heavy atom. The van der Waals surface area contributed by atoms with Crippen LogP contribution in [0.15, 0.2) is 0 Å². The lowest BCUT2D eigenvalue weighted by Gasteiger charge is -2.24. The van der Waals surface area contributed by atoms with Gasteiger partial charge in [-0.05, 0) is 57.8 Å². The van der Waals surface area contributed by atoms with Gasteiger partial charge in [0.05, 0.1) is 0 Å². The molecule has 96 valence electrons. The maximum atomic E-state index is 3.28. The highest BCUT2D eigenvalue weighted by Gasteiger charge is 2.17. The Labute approximate surface area is 102 Å². The van der Waals surface area contributed by atoms with Crippen molar-refractivity contribution in [3.8, 4) is 0 Å². The second-order valence-corrected chi connectivity index (χ2v) is 5.55. The Bertz CT molecular complexity index is 170. The number of hydrogen-bond acceptors (Lipinski definition) is 2. The first-order valence-electron chi connectivity index (χ1n) is 7.13. The Kier molecular flexibility index (Phi) is 7.06. The largest absolute Gasteiger partial charge is 0.319 e. The van der Waals surface area contributed by atoms with Gasteiger partial charge in [-0.2, -0.15) is 0 Å². The molecule has 0 spiro atoms. The number of nitrogens with zero attached hydrogens (tertiary/aromatic N) is 1. The number of rotatable bonds is 6. The van der Waals surface area contributed by atoms with E-state index in [4.69, 9.17) is 0 Å². The van der Waals surface area contributed by atoms with Crippen molar-refractivity contribution in [1.82, 2.24) is 10.2 Å². The molecule has 1 N–H and O–H groups in total. The van der Waals surface area contributed by atoms with Crippen LogP contribution in [0.4, 0.5) is 0 Å². The highest BCUT2D eigenvalue weighted by Crippen LogP contribution is 2.22. The molecule has 1 rings (SSSR count). The molecule has 2 nitrogen and oxygen atoms in total. The van der Waals surface area contributed by atoms with Crippen molar-refractivity contribution < 1.29 is 0 Å². The fourth-order valence-electron chi connectivity index (χ4n) is 2.96. The maximum Gasteiger partial charge on any atom is 0.00191 e. The van der Waals surface area contributed by atoms with Gasteiger partial charge in [0, 0.05) is 6.54 Å². The van der Waals surface area contributed by atoms with E-state index < -0.39 is 0 Å². The minimum atomic E-state index is 0.785. The fourth-order valence-corrected chi connectivity index (χ4v) is 2.96. The molecular weight excluding hydrogens is 196 g/mol. The molecule has 0 saturated carbocycles. The van der Waals surface area contributed by atoms with E-state index in [1.54, 1.807) is 0 Å². The molecule has 16 heavy (non-hydrogen) atoms. The maximum absolute atomic E-state index is 3.28. The third-order valence-electron chi connectivity index (χ3n) is 3.76. The molecule has 1 saturated heterocycles. The smallest absolute Gasteiger partial charge is 0.00191 e. The van der Waals surface area contributed by atoms with Crippen LogP contribution < -0.4 is 5.32 Å². The van der Waals surface area contributed by atoms with Crippen LogP contribution in [0.1, 0.15) is 46.0 Å². The van der Waals surface area contributed by atoms with Crippen LogP contribution in [-0.4, -0.2) is 38.1 Å². The van der Waals surface area contributed by atoms with Crippen LogP contribution in [-0.2, 0) is 0 Å². The number of likely N-dealkylation sites (tertiary alicyclic amines) is 1. The van der Waals surface area contributed by atoms with E-state index in [1.165, 1.54) is 51.7 Å². The summed E-state index contributed by atoms with van der Waals surface area (Å²) in [4.78, 5) is 2.68. The Hall–Kier alpha value is -0.0800. The molecule has 0 bridgehead atoms. The third-order valence-corrected chi connectivity index (χ3v) is 3.76. The van der Waals surface area contributed by atoms with E-state index in [0.717, 1.165) is 18.4 Å². The van der Waals surface area contributed by atoms with Gasteiger partial charge in [0.25, 0.3) is 0 Å². The van der Waals surface area contributed by atoms with Gasteiger partial charge in [-0.3, -0.25) is 0 Å². The summed E-state index contributed by atoms with van der Waals surface area (Å²) in [5.74, 6) is 1.79. The summed E-state index contributed by atoms with van der Waals surface area (Å²) in [5, 5.41) is 3.28. The van der Waals surface area contributed by atoms with Gasteiger partial charge in [0.2, 0.25) is 0 Å². The quantitative estimate of drug-likeness (QED) is 0.749. The first-order valence-corrected chi connectivity index (χ1v) is 7.13. The van der Waals surface area contributed by atoms with Crippen LogP contribution in [0.5, 0.6) is 0 Å². The SMILES string of the molecule is CCCC1CCCN(CC(C)CNC)CC1. The summed E-state index contributed by atoms with van der Waals surface area (Å²) in [7, 11) is 2.05. The molecule has 2 atom stereocenters. The predicted molar refractivity (Wildman–Crippen MR) is 71.8 cm³/mol. The van der Waals surface area contributed by atoms with Crippen molar-refractivity contribution in [3.05, 3.63) is 0 Å². The van der Waals surface area contributed by atoms with Gasteiger partial charge >= 0.3 is 0 Å². The zero-order valence-electron chi connectivity index (χ0n) is 11.5. The van der Waals surface area contributed by atoms with Crippen LogP contribution >= 0.6 is 0 Å². The Morgan fingerprint density at radius 3 is 2.81 bits per heavy atom. The molecule has 2 unspecified atom stereocenters. The molecule has 2 heteroatoms. The standard InChI is InChI=1S/C14H30N2/c1-4-6-14-7-5-9-16(10-8-14)12-13(2)11-15-3/h13-15H,4-12H2,1-3H3. The van der Waals surface area contributed by atoms with Gasteiger partial charge in [-0.15, -0.1) is 0 Å². The second kappa shape index (κ2) is 8.08. The van der Waals surface area contributed by atoms with Gasteiger partial charge in [-0.25, -0.2) is 0 Å². The lowest BCUT2D eigenvalue weighted by molar-refractivity contribution is 0.241. The van der Waals surface area contributed by atoms with Crippen molar-refractivity contribution in [3.63, 3.8) is 0 Å². The lowest BCUT2D eigenvalue weighted by atomic mass is 9.96. The summed E-state index contributed by atoms with van der Waals surface area (Å²) in [6.45, 7) is 9.75. The summed E-state index contributed by atoms with van der Waals surface area (Å²) < 4.78 is 0. The van der Waals surface area contributed by atoms with Gasteiger partial charge in [0.1, 0.15) is 0 Å². The van der Waals surface area contributed by atoms with Gasteiger partial charge in [-0.1, -0.05) is 26.7 Å². The van der Waals surface area contributed by atoms with Gasteiger partial charge < -0.3 is 10.2 Å². The van der Waals surface area contributed by atoms with Crippen molar-refractivity contribution in [2.45, 2.75) is 46.0 Å². The minimum absolute atomic E-state index is 0.785. The van der Waals surface area contributed by atoms with Crippen LogP contribution in [0.2, 0.25) is 0 Å². The fraction of sp³-hybridized carbons (Fsp3) is 1.00. The third kappa shape index (κ3) is 5.31. The topological polar surface area (TPSA) is 15.3 Å². The average Bonchev–Trinajstić information content (AvgIpc) is 2.45. The molecule has 0 aromatic carbocycles. The van der Waals surface area contributed by atoms with E-state index in [1.807, 2.05) is 0 Å². The molecule has 0 radical (unpaired) electrons. The first-order chi connectivity index (χ1) is 7.76. The summed E-state index contributed by atoms with van der Waals surface area (Å²) in [5.41, 5.74) is 0. The highest BCUT2D eigenvalue weighted by molar-refractivity contribution is 4.72. The Balaban J connectivity index is 2.24. The second-order valence-electron chi connectivity index (χ2n) is 5.55. The molecular formula is C14H30N2. The monoisotopic (exact) mass is 226 g/mol. The summed E-state index contributed by atoms with van der Waals surface area (Å²) >= 11 is 0. The van der Waals surface area contributed by atoms with Crippen molar-refractivity contribution >= 4 is 0 Å². The van der Waals surface area contributed by atoms with E-state index >= 15 is 0 Å². The first kappa shape index (κ1) is 14.0. The van der Waals surface area contributed by atoms with E-state index in [2.05, 4.69) is 31.1 Å². The zero-order chi connectivity index (χ0) is 11.8. The zero-order valence-corrected chi connectivity index (χ0v) is 11.5. The Morgan fingerprint density at radius 1 is 1.31 bits per heavy atom. The number of hydrogen-bond donors (Lipinski definition) is 1. The normalized spacial score (nSPS) is 25.3. The van der Waals surface area contributed by atoms with Crippen molar-refractivity contribution in [2.24, 2.45) is 11.8 Å². The minimum Gasteiger partial charge on any atom is -0.319 e. The molecule has 1 fully saturated rings. The lowest BCUT2D eigenvalue weighted by Crippen LogP contribution is -2.33. The molecule has 0 amide bonds. The summed E-state index contributed by atoms with van der Waals surface area (Å²) in [6.07, 6.45) is 7.11. The molecule has 1 aliphatic heterocycles. The van der Waals surface area contributed by atoms with E-state index in [9.17, 15) is 0 Å². The van der Waals surface area contributed by atoms with Gasteiger partial charge in [0.15, 0.2) is 0 Å². The molecule has 0 aliphatic carbocycles. The number of nitrogens with one attached hydrogen (secondary N) is 1. The predicted octanol–water partition coefficient (Wildman–Crippen LogP) is 2.74. The van der Waals surface area contributed by atoms with E-state index in [0.29, 0.717) is 0 Å².